The van der Waals surface area contributed by atoms with Crippen LogP contribution in [0.4, 0.5) is 13.2 Å². The molecule has 1 saturated heterocycles. The van der Waals surface area contributed by atoms with Crippen molar-refractivity contribution in [1.29, 1.82) is 0 Å². The first-order chi connectivity index (χ1) is 7.09. The van der Waals surface area contributed by atoms with Gasteiger partial charge in [-0.2, -0.15) is 13.2 Å². The molecule has 0 aromatic carbocycles. The lowest BCUT2D eigenvalue weighted by Gasteiger charge is -2.16. The molecule has 90 valence electrons. The number of alkyl halides is 3. The van der Waals surface area contributed by atoms with Gasteiger partial charge in [0.15, 0.2) is 0 Å². The summed E-state index contributed by atoms with van der Waals surface area (Å²) in [4.78, 5) is 31.8. The predicted octanol–water partition coefficient (Wildman–Crippen LogP) is -1.78. The standard InChI is InChI=1S/C6H3F3O7/c7-6(8,9)4(13)16-5(14)1(10)2(11)15-3(5)12/h2,11,14H/t2?,5-/m0/s1. The van der Waals surface area contributed by atoms with Gasteiger partial charge in [0.2, 0.25) is 0 Å². The number of aliphatic hydroxyl groups excluding tert-OH is 1. The summed E-state index contributed by atoms with van der Waals surface area (Å²) in [5.41, 5.74) is 0. The second kappa shape index (κ2) is 3.42. The van der Waals surface area contributed by atoms with Gasteiger partial charge in [0.25, 0.3) is 12.1 Å². The highest BCUT2D eigenvalue weighted by Crippen LogP contribution is 2.26. The first-order valence-electron chi connectivity index (χ1n) is 3.55. The van der Waals surface area contributed by atoms with Crippen LogP contribution < -0.4 is 0 Å². The lowest BCUT2D eigenvalue weighted by molar-refractivity contribution is -0.239. The van der Waals surface area contributed by atoms with E-state index in [1.165, 1.54) is 0 Å². The highest BCUT2D eigenvalue weighted by atomic mass is 19.4. The molecule has 1 aliphatic rings. The number of aliphatic hydroxyl groups is 2. The number of rotatable bonds is 1. The van der Waals surface area contributed by atoms with Crippen molar-refractivity contribution < 1.29 is 47.2 Å². The summed E-state index contributed by atoms with van der Waals surface area (Å²) in [6.45, 7) is 0. The third kappa shape index (κ3) is 1.84. The van der Waals surface area contributed by atoms with Crippen molar-refractivity contribution in [3.63, 3.8) is 0 Å². The van der Waals surface area contributed by atoms with E-state index in [1.54, 1.807) is 0 Å². The summed E-state index contributed by atoms with van der Waals surface area (Å²) in [6.07, 6.45) is -7.98. The SMILES string of the molecule is O=C(O[C@]1(O)C(=O)OC(O)C1=O)C(F)(F)F. The van der Waals surface area contributed by atoms with Crippen molar-refractivity contribution in [2.45, 2.75) is 18.3 Å². The molecule has 0 aromatic heterocycles. The van der Waals surface area contributed by atoms with Gasteiger partial charge < -0.3 is 19.7 Å². The second-order valence-corrected chi connectivity index (χ2v) is 2.65. The fourth-order valence-corrected chi connectivity index (χ4v) is 0.787. The average molecular weight is 244 g/mol. The molecule has 2 N–H and O–H groups in total. The lowest BCUT2D eigenvalue weighted by atomic mass is 10.2. The molecule has 1 rings (SSSR count). The maximum atomic E-state index is 11.7. The average Bonchev–Trinajstić information content (AvgIpc) is 2.29. The Morgan fingerprint density at radius 1 is 1.44 bits per heavy atom. The zero-order valence-corrected chi connectivity index (χ0v) is 7.15. The van der Waals surface area contributed by atoms with Crippen molar-refractivity contribution in [2.24, 2.45) is 0 Å². The number of carbonyl (C=O) groups excluding carboxylic acids is 3. The molecular formula is C6H3F3O7. The Labute approximate surface area is 84.4 Å². The van der Waals surface area contributed by atoms with Gasteiger partial charge in [-0.1, -0.05) is 0 Å². The van der Waals surface area contributed by atoms with E-state index in [-0.39, 0.29) is 0 Å². The first-order valence-corrected chi connectivity index (χ1v) is 3.55. The summed E-state index contributed by atoms with van der Waals surface area (Å²) in [7, 11) is 0. The molecule has 1 fully saturated rings. The Morgan fingerprint density at radius 2 is 1.94 bits per heavy atom. The number of halogens is 3. The molecule has 1 heterocycles. The number of ether oxygens (including phenoxy) is 2. The minimum absolute atomic E-state index is 1.91. The number of esters is 2. The molecule has 16 heavy (non-hydrogen) atoms. The van der Waals surface area contributed by atoms with Gasteiger partial charge in [-0.15, -0.1) is 0 Å². The minimum Gasteiger partial charge on any atom is -0.423 e. The molecule has 0 spiro atoms. The van der Waals surface area contributed by atoms with Gasteiger partial charge in [0, 0.05) is 0 Å². The van der Waals surface area contributed by atoms with Gasteiger partial charge in [-0.25, -0.2) is 9.59 Å². The van der Waals surface area contributed by atoms with Crippen molar-refractivity contribution in [2.75, 3.05) is 0 Å². The van der Waals surface area contributed by atoms with Crippen molar-refractivity contribution in [3.05, 3.63) is 0 Å². The van der Waals surface area contributed by atoms with Gasteiger partial charge in [0.05, 0.1) is 0 Å². The lowest BCUT2D eigenvalue weighted by Crippen LogP contribution is -2.49. The largest absolute Gasteiger partial charge is 0.491 e. The van der Waals surface area contributed by atoms with Crippen LogP contribution in [-0.4, -0.2) is 46.2 Å². The van der Waals surface area contributed by atoms with Crippen LogP contribution in [-0.2, 0) is 23.9 Å². The Balaban J connectivity index is 2.92. The van der Waals surface area contributed by atoms with Crippen LogP contribution in [0.5, 0.6) is 0 Å². The van der Waals surface area contributed by atoms with Gasteiger partial charge in [0.1, 0.15) is 0 Å². The van der Waals surface area contributed by atoms with Gasteiger partial charge in [-0.3, -0.25) is 4.79 Å². The molecule has 2 atom stereocenters. The quantitative estimate of drug-likeness (QED) is 0.319. The zero-order chi connectivity index (χ0) is 12.7. The Bertz CT molecular complexity index is 362. The normalized spacial score (nSPS) is 30.2. The third-order valence-electron chi connectivity index (χ3n) is 1.53. The van der Waals surface area contributed by atoms with E-state index in [0.29, 0.717) is 0 Å². The maximum Gasteiger partial charge on any atom is 0.491 e. The van der Waals surface area contributed by atoms with E-state index in [4.69, 9.17) is 10.2 Å². The Kier molecular flexibility index (Phi) is 2.65. The van der Waals surface area contributed by atoms with Crippen molar-refractivity contribution in [3.8, 4) is 0 Å². The van der Waals surface area contributed by atoms with Crippen molar-refractivity contribution >= 4 is 17.7 Å². The van der Waals surface area contributed by atoms with Crippen LogP contribution >= 0.6 is 0 Å². The molecule has 0 saturated carbocycles. The van der Waals surface area contributed by atoms with E-state index >= 15 is 0 Å². The van der Waals surface area contributed by atoms with Crippen LogP contribution in [0.3, 0.4) is 0 Å². The summed E-state index contributed by atoms with van der Waals surface area (Å²) in [5, 5.41) is 17.6. The van der Waals surface area contributed by atoms with Crippen LogP contribution in [0, 0.1) is 0 Å². The zero-order valence-electron chi connectivity index (χ0n) is 7.15. The molecule has 0 bridgehead atoms. The van der Waals surface area contributed by atoms with Crippen LogP contribution in [0.25, 0.3) is 0 Å². The van der Waals surface area contributed by atoms with Crippen molar-refractivity contribution in [1.82, 2.24) is 0 Å². The number of hydrogen-bond acceptors (Lipinski definition) is 7. The molecule has 10 heteroatoms. The molecule has 0 radical (unpaired) electrons. The Hall–Kier alpha value is -1.68. The molecule has 1 aliphatic heterocycles. The fourth-order valence-electron chi connectivity index (χ4n) is 0.787. The van der Waals surface area contributed by atoms with E-state index in [2.05, 4.69) is 9.47 Å². The number of Topliss-reactive ketones (excluding diaryl/α,β-unsaturated/α-hetero) is 1. The van der Waals surface area contributed by atoms with E-state index in [9.17, 15) is 27.6 Å². The van der Waals surface area contributed by atoms with Crippen LogP contribution in [0.15, 0.2) is 0 Å². The van der Waals surface area contributed by atoms with Crippen LogP contribution in [0.1, 0.15) is 0 Å². The molecule has 0 amide bonds. The number of carbonyl (C=O) groups is 3. The van der Waals surface area contributed by atoms with Crippen LogP contribution in [0.2, 0.25) is 0 Å². The fraction of sp³-hybridized carbons (Fsp3) is 0.500. The first kappa shape index (κ1) is 12.4. The molecule has 7 nitrogen and oxygen atoms in total. The summed E-state index contributed by atoms with van der Waals surface area (Å²) in [5.74, 6) is -10.6. The predicted molar refractivity (Wildman–Crippen MR) is 34.2 cm³/mol. The van der Waals surface area contributed by atoms with E-state index in [0.717, 1.165) is 0 Å². The molecule has 0 aromatic rings. The summed E-state index contributed by atoms with van der Waals surface area (Å²) < 4.78 is 42.1. The molecule has 1 unspecified atom stereocenters. The molecular weight excluding hydrogens is 241 g/mol. The highest BCUT2D eigenvalue weighted by Gasteiger charge is 2.62. The smallest absolute Gasteiger partial charge is 0.423 e. The Morgan fingerprint density at radius 3 is 2.25 bits per heavy atom. The third-order valence-corrected chi connectivity index (χ3v) is 1.53. The molecule has 0 aliphatic carbocycles. The highest BCUT2D eigenvalue weighted by molar-refractivity contribution is 6.12. The monoisotopic (exact) mass is 244 g/mol. The van der Waals surface area contributed by atoms with Gasteiger partial charge in [-0.05, 0) is 0 Å². The van der Waals surface area contributed by atoms with Gasteiger partial charge >= 0.3 is 23.9 Å². The topological polar surface area (TPSA) is 110 Å². The van der Waals surface area contributed by atoms with E-state index < -0.39 is 36.0 Å². The van der Waals surface area contributed by atoms with E-state index in [1.807, 2.05) is 0 Å². The number of hydrogen-bond donors (Lipinski definition) is 2. The maximum absolute atomic E-state index is 11.7. The minimum atomic E-state index is -5.51. The summed E-state index contributed by atoms with van der Waals surface area (Å²) in [6, 6.07) is 0. The number of cyclic esters (lactones) is 1. The second-order valence-electron chi connectivity index (χ2n) is 2.65. The summed E-state index contributed by atoms with van der Waals surface area (Å²) >= 11 is 0. The number of ketones is 1.